The van der Waals surface area contributed by atoms with Gasteiger partial charge in [0.15, 0.2) is 0 Å². The molecule has 5 rings (SSSR count). The number of esters is 1. The van der Waals surface area contributed by atoms with Gasteiger partial charge >= 0.3 is 5.97 Å². The van der Waals surface area contributed by atoms with E-state index in [-0.39, 0.29) is 13.5 Å². The Morgan fingerprint density at radius 1 is 1.15 bits per heavy atom. The number of piperidine rings is 1. The minimum atomic E-state index is -1.72. The molecule has 3 aliphatic rings. The lowest BCUT2D eigenvalue weighted by Crippen LogP contribution is -2.60. The molecule has 2 aromatic rings. The van der Waals surface area contributed by atoms with E-state index in [0.29, 0.717) is 34.0 Å². The quantitative estimate of drug-likeness (QED) is 0.480. The minimum absolute atomic E-state index is 0. The normalized spacial score (nSPS) is 33.1. The first kappa shape index (κ1) is 19.1. The number of carbonyl (C=O) groups is 1. The molecule has 3 aliphatic heterocycles. The number of rotatable bonds is 4. The van der Waals surface area contributed by atoms with Gasteiger partial charge in [0.05, 0.1) is 23.8 Å². The standard InChI is InChI=1S/C19H22NO4S2.CH4/c1-20(2)12-9-11(10-13(20)17-16(12)24-17)23-18(21)19(22,14-5-3-7-25-14)15-6-4-8-26-15;/h3-8,11-13,16-17,22H,9-10H2,1-2H3;1H4/q+1;/t11?,12-,13+,16-,17+;. The van der Waals surface area contributed by atoms with Crippen molar-refractivity contribution in [1.29, 1.82) is 0 Å². The Hall–Kier alpha value is -1.25. The van der Waals surface area contributed by atoms with E-state index in [9.17, 15) is 9.90 Å². The molecule has 5 nitrogen and oxygen atoms in total. The van der Waals surface area contributed by atoms with Gasteiger partial charge in [0.2, 0.25) is 5.60 Å². The first-order valence-electron chi connectivity index (χ1n) is 8.92. The molecule has 1 unspecified atom stereocenters. The van der Waals surface area contributed by atoms with E-state index in [1.165, 1.54) is 22.7 Å². The molecule has 2 bridgehead atoms. The van der Waals surface area contributed by atoms with E-state index in [0.717, 1.165) is 17.3 Å². The van der Waals surface area contributed by atoms with Gasteiger partial charge in [-0.25, -0.2) is 4.79 Å². The lowest BCUT2D eigenvalue weighted by Gasteiger charge is -2.45. The van der Waals surface area contributed by atoms with Crippen molar-refractivity contribution in [2.45, 2.75) is 56.3 Å². The van der Waals surface area contributed by atoms with Crippen molar-refractivity contribution in [2.24, 2.45) is 0 Å². The summed E-state index contributed by atoms with van der Waals surface area (Å²) in [5.41, 5.74) is -1.72. The average molecular weight is 409 g/mol. The molecule has 3 fully saturated rings. The summed E-state index contributed by atoms with van der Waals surface area (Å²) in [6, 6.07) is 8.01. The Morgan fingerprint density at radius 3 is 2.11 bits per heavy atom. The number of quaternary nitrogens is 1. The number of carbonyl (C=O) groups excluding carboxylic acids is 1. The molecule has 3 saturated heterocycles. The molecular weight excluding hydrogens is 382 g/mol. The van der Waals surface area contributed by atoms with Gasteiger partial charge in [-0.05, 0) is 22.9 Å². The highest BCUT2D eigenvalue weighted by molar-refractivity contribution is 7.12. The predicted octanol–water partition coefficient (Wildman–Crippen LogP) is 2.98. The van der Waals surface area contributed by atoms with Gasteiger partial charge in [-0.2, -0.15) is 0 Å². The summed E-state index contributed by atoms with van der Waals surface area (Å²) in [4.78, 5) is 14.3. The van der Waals surface area contributed by atoms with Gasteiger partial charge < -0.3 is 19.1 Å². The fraction of sp³-hybridized carbons (Fsp3) is 0.550. The van der Waals surface area contributed by atoms with E-state index < -0.39 is 11.6 Å². The van der Waals surface area contributed by atoms with Crippen molar-refractivity contribution in [1.82, 2.24) is 0 Å². The molecule has 5 atom stereocenters. The number of epoxide rings is 1. The van der Waals surface area contributed by atoms with E-state index in [4.69, 9.17) is 9.47 Å². The Kier molecular flexibility index (Phi) is 4.51. The summed E-state index contributed by atoms with van der Waals surface area (Å²) >= 11 is 2.74. The minimum Gasteiger partial charge on any atom is -0.459 e. The second kappa shape index (κ2) is 6.39. The van der Waals surface area contributed by atoms with Crippen molar-refractivity contribution in [3.8, 4) is 0 Å². The Bertz CT molecular complexity index is 763. The van der Waals surface area contributed by atoms with Crippen molar-refractivity contribution < 1.29 is 23.9 Å². The molecule has 27 heavy (non-hydrogen) atoms. The second-order valence-corrected chi connectivity index (χ2v) is 9.89. The maximum Gasteiger partial charge on any atom is 0.349 e. The maximum absolute atomic E-state index is 13.1. The number of fused-ring (bicyclic) bond motifs is 5. The first-order valence-corrected chi connectivity index (χ1v) is 10.7. The van der Waals surface area contributed by atoms with Crippen LogP contribution in [-0.4, -0.2) is 60.0 Å². The van der Waals surface area contributed by atoms with Crippen molar-refractivity contribution in [3.63, 3.8) is 0 Å². The van der Waals surface area contributed by atoms with Crippen LogP contribution in [0.1, 0.15) is 30.0 Å². The number of nitrogens with zero attached hydrogens (tertiary/aromatic N) is 1. The van der Waals surface area contributed by atoms with Crippen molar-refractivity contribution in [2.75, 3.05) is 14.1 Å². The Labute approximate surface area is 167 Å². The van der Waals surface area contributed by atoms with Crippen LogP contribution in [0.15, 0.2) is 35.0 Å². The lowest BCUT2D eigenvalue weighted by molar-refractivity contribution is -0.938. The van der Waals surface area contributed by atoms with Crippen LogP contribution in [-0.2, 0) is 19.9 Å². The fourth-order valence-electron chi connectivity index (χ4n) is 4.83. The van der Waals surface area contributed by atoms with Gasteiger partial charge in [0.1, 0.15) is 30.4 Å². The molecule has 7 heteroatoms. The van der Waals surface area contributed by atoms with Crippen molar-refractivity contribution >= 4 is 28.6 Å². The largest absolute Gasteiger partial charge is 0.459 e. The summed E-state index contributed by atoms with van der Waals surface area (Å²) in [6.45, 7) is 0. The summed E-state index contributed by atoms with van der Waals surface area (Å²) in [5.74, 6) is -0.561. The number of aliphatic hydroxyl groups is 1. The smallest absolute Gasteiger partial charge is 0.349 e. The van der Waals surface area contributed by atoms with Crippen LogP contribution in [0, 0.1) is 0 Å². The summed E-state index contributed by atoms with van der Waals surface area (Å²) in [5, 5.41) is 15.1. The van der Waals surface area contributed by atoms with Gasteiger partial charge in [0.25, 0.3) is 0 Å². The SMILES string of the molecule is C.C[N+]1(C)[C@@H]2CC(OC(=O)C(O)(c3cccs3)c3cccs3)C[C@H]1[C@@H]1O[C@@H]12. The number of thiophene rings is 2. The Balaban J connectivity index is 0.00000180. The topological polar surface area (TPSA) is 59.1 Å². The average Bonchev–Trinajstić information content (AvgIpc) is 2.98. The summed E-state index contributed by atoms with van der Waals surface area (Å²) in [7, 11) is 4.49. The van der Waals surface area contributed by atoms with E-state index >= 15 is 0 Å². The second-order valence-electron chi connectivity index (χ2n) is 7.99. The molecule has 146 valence electrons. The van der Waals surface area contributed by atoms with Crippen LogP contribution in [0.5, 0.6) is 0 Å². The molecule has 5 heterocycles. The molecule has 0 aliphatic carbocycles. The monoisotopic (exact) mass is 408 g/mol. The zero-order valence-electron chi connectivity index (χ0n) is 14.7. The van der Waals surface area contributed by atoms with Crippen LogP contribution < -0.4 is 0 Å². The molecule has 0 amide bonds. The first-order chi connectivity index (χ1) is 12.4. The molecule has 1 N–H and O–H groups in total. The van der Waals surface area contributed by atoms with Crippen molar-refractivity contribution in [3.05, 3.63) is 44.8 Å². The van der Waals surface area contributed by atoms with Gasteiger partial charge in [-0.1, -0.05) is 19.6 Å². The lowest BCUT2D eigenvalue weighted by atomic mass is 9.95. The number of morpholine rings is 1. The number of hydrogen-bond donors (Lipinski definition) is 1. The Morgan fingerprint density at radius 2 is 1.67 bits per heavy atom. The van der Waals surface area contributed by atoms with Gasteiger partial charge in [-0.3, -0.25) is 0 Å². The summed E-state index contributed by atoms with van der Waals surface area (Å²) < 4.78 is 12.6. The van der Waals surface area contributed by atoms with E-state index in [2.05, 4.69) is 14.1 Å². The number of likely N-dealkylation sites (N-methyl/N-ethyl adjacent to an activating group) is 1. The third-order valence-electron chi connectivity index (χ3n) is 6.36. The predicted molar refractivity (Wildman–Crippen MR) is 106 cm³/mol. The zero-order chi connectivity index (χ0) is 18.1. The van der Waals surface area contributed by atoms with Crippen LogP contribution >= 0.6 is 22.7 Å². The number of ether oxygens (including phenoxy) is 2. The molecule has 2 aromatic heterocycles. The maximum atomic E-state index is 13.1. The van der Waals surface area contributed by atoms with Crippen LogP contribution in [0.2, 0.25) is 0 Å². The van der Waals surface area contributed by atoms with Gasteiger partial charge in [-0.15, -0.1) is 22.7 Å². The summed E-state index contributed by atoms with van der Waals surface area (Å²) in [6.07, 6.45) is 2.05. The molecule has 0 spiro atoms. The molecule has 0 aromatic carbocycles. The molecule has 0 radical (unpaired) electrons. The molecular formula is C20H26NO4S2+. The van der Waals surface area contributed by atoms with Gasteiger partial charge in [0, 0.05) is 12.8 Å². The van der Waals surface area contributed by atoms with Crippen LogP contribution in [0.4, 0.5) is 0 Å². The highest BCUT2D eigenvalue weighted by Gasteiger charge is 2.71. The third kappa shape index (κ3) is 2.71. The van der Waals surface area contributed by atoms with E-state index in [1.54, 1.807) is 12.1 Å². The van der Waals surface area contributed by atoms with Crippen LogP contribution in [0.3, 0.4) is 0 Å². The highest BCUT2D eigenvalue weighted by atomic mass is 32.1. The highest BCUT2D eigenvalue weighted by Crippen LogP contribution is 2.52. The van der Waals surface area contributed by atoms with Crippen LogP contribution in [0.25, 0.3) is 0 Å². The fourth-order valence-corrected chi connectivity index (χ4v) is 6.54. The van der Waals surface area contributed by atoms with E-state index in [1.807, 2.05) is 22.9 Å². The number of hydrogen-bond acceptors (Lipinski definition) is 6. The molecule has 0 saturated carbocycles. The zero-order valence-corrected chi connectivity index (χ0v) is 16.3. The third-order valence-corrected chi connectivity index (χ3v) is 8.32.